The number of aromatic nitrogens is 1. The molecule has 2 aromatic rings. The zero-order valence-corrected chi connectivity index (χ0v) is 13.7. The van der Waals surface area contributed by atoms with Crippen LogP contribution in [0.5, 0.6) is 0 Å². The van der Waals surface area contributed by atoms with Crippen LogP contribution in [-0.2, 0) is 22.9 Å². The molecule has 0 spiro atoms. The number of sulfonamides is 1. The quantitative estimate of drug-likeness (QED) is 0.942. The highest BCUT2D eigenvalue weighted by molar-refractivity contribution is 7.93. The molecule has 0 amide bonds. The van der Waals surface area contributed by atoms with E-state index in [2.05, 4.69) is 16.6 Å². The molecule has 0 radical (unpaired) electrons. The van der Waals surface area contributed by atoms with E-state index in [1.165, 1.54) is 16.2 Å². The van der Waals surface area contributed by atoms with Gasteiger partial charge in [0.2, 0.25) is 0 Å². The molecule has 1 heterocycles. The van der Waals surface area contributed by atoms with E-state index in [1.807, 2.05) is 6.92 Å². The summed E-state index contributed by atoms with van der Waals surface area (Å²) in [5, 5.41) is 0.481. The number of hydrogen-bond acceptors (Lipinski definition) is 4. The molecule has 0 fully saturated rings. The highest BCUT2D eigenvalue weighted by Crippen LogP contribution is 2.33. The topological polar surface area (TPSA) is 59.1 Å². The van der Waals surface area contributed by atoms with E-state index in [4.69, 9.17) is 0 Å². The largest absolute Gasteiger partial charge is 0.263 e. The molecule has 1 atom stereocenters. The Balaban J connectivity index is 1.84. The fourth-order valence-corrected chi connectivity index (χ4v) is 4.88. The molecule has 6 heteroatoms. The van der Waals surface area contributed by atoms with E-state index < -0.39 is 10.0 Å². The molecule has 112 valence electrons. The fraction of sp³-hybridized carbons (Fsp3) is 0.400. The number of fused-ring (bicyclic) bond motifs is 1. The maximum Gasteiger partial charge on any atom is 0.263 e. The highest BCUT2D eigenvalue weighted by atomic mass is 32.2. The summed E-state index contributed by atoms with van der Waals surface area (Å²) in [6.45, 7) is 4.15. The molecule has 3 rings (SSSR count). The molecule has 1 unspecified atom stereocenters. The van der Waals surface area contributed by atoms with Crippen molar-refractivity contribution in [2.45, 2.75) is 38.0 Å². The van der Waals surface area contributed by atoms with Crippen molar-refractivity contribution in [3.8, 4) is 0 Å². The van der Waals surface area contributed by atoms with Gasteiger partial charge in [-0.3, -0.25) is 4.72 Å². The van der Waals surface area contributed by atoms with Crippen LogP contribution in [0.1, 0.15) is 29.5 Å². The number of rotatable bonds is 3. The molecule has 1 aliphatic rings. The fourth-order valence-electron chi connectivity index (χ4n) is 2.47. The van der Waals surface area contributed by atoms with E-state index >= 15 is 0 Å². The van der Waals surface area contributed by atoms with Crippen LogP contribution in [0.15, 0.2) is 29.2 Å². The van der Waals surface area contributed by atoms with Crippen molar-refractivity contribution in [1.82, 2.24) is 4.98 Å². The van der Waals surface area contributed by atoms with Crippen LogP contribution < -0.4 is 4.72 Å². The van der Waals surface area contributed by atoms with Crippen molar-refractivity contribution in [1.29, 1.82) is 0 Å². The van der Waals surface area contributed by atoms with Gasteiger partial charge in [0.25, 0.3) is 10.0 Å². The molecule has 0 bridgehead atoms. The lowest BCUT2D eigenvalue weighted by atomic mass is 9.93. The summed E-state index contributed by atoms with van der Waals surface area (Å²) in [5.41, 5.74) is 2.09. The van der Waals surface area contributed by atoms with Crippen LogP contribution >= 0.6 is 11.3 Å². The maximum absolute atomic E-state index is 12.3. The number of thiazole rings is 1. The number of nitrogens with zero attached hydrogens (tertiary/aromatic N) is 1. The minimum atomic E-state index is -3.55. The average Bonchev–Trinajstić information content (AvgIpc) is 2.79. The summed E-state index contributed by atoms with van der Waals surface area (Å²) < 4.78 is 27.3. The monoisotopic (exact) mass is 322 g/mol. The van der Waals surface area contributed by atoms with Gasteiger partial charge in [-0.1, -0.05) is 24.6 Å². The Morgan fingerprint density at radius 1 is 1.29 bits per heavy atom. The predicted molar refractivity (Wildman–Crippen MR) is 85.3 cm³/mol. The van der Waals surface area contributed by atoms with Gasteiger partial charge in [-0.05, 0) is 44.2 Å². The van der Waals surface area contributed by atoms with Gasteiger partial charge < -0.3 is 0 Å². The summed E-state index contributed by atoms with van der Waals surface area (Å²) in [6, 6.07) is 6.83. The second-order valence-electron chi connectivity index (χ2n) is 5.66. The molecule has 0 aliphatic heterocycles. The van der Waals surface area contributed by atoms with Gasteiger partial charge in [0.1, 0.15) is 0 Å². The van der Waals surface area contributed by atoms with Crippen molar-refractivity contribution in [2.24, 2.45) is 5.92 Å². The second-order valence-corrected chi connectivity index (χ2v) is 8.42. The Labute approximate surface area is 129 Å². The predicted octanol–water partition coefficient (Wildman–Crippen LogP) is 3.38. The van der Waals surface area contributed by atoms with Gasteiger partial charge in [0.15, 0.2) is 5.13 Å². The van der Waals surface area contributed by atoms with Crippen molar-refractivity contribution < 1.29 is 8.42 Å². The van der Waals surface area contributed by atoms with E-state index in [0.29, 0.717) is 11.0 Å². The van der Waals surface area contributed by atoms with E-state index in [1.54, 1.807) is 24.3 Å². The minimum Gasteiger partial charge on any atom is -0.255 e. The van der Waals surface area contributed by atoms with Crippen molar-refractivity contribution in [2.75, 3.05) is 4.72 Å². The normalized spacial score (nSPS) is 18.3. The summed E-state index contributed by atoms with van der Waals surface area (Å²) in [7, 11) is -3.55. The SMILES string of the molecule is Cc1ccc(S(=O)(=O)Nc2nc3c(s2)CC(C)CC3)cc1. The van der Waals surface area contributed by atoms with Crippen LogP contribution in [0, 0.1) is 12.8 Å². The van der Waals surface area contributed by atoms with Crippen molar-refractivity contribution in [3.63, 3.8) is 0 Å². The Morgan fingerprint density at radius 3 is 2.71 bits per heavy atom. The lowest BCUT2D eigenvalue weighted by Gasteiger charge is -2.15. The summed E-state index contributed by atoms with van der Waals surface area (Å²) in [4.78, 5) is 5.93. The zero-order chi connectivity index (χ0) is 15.0. The molecular weight excluding hydrogens is 304 g/mol. The van der Waals surface area contributed by atoms with Gasteiger partial charge >= 0.3 is 0 Å². The van der Waals surface area contributed by atoms with E-state index in [0.717, 1.165) is 30.5 Å². The van der Waals surface area contributed by atoms with Gasteiger partial charge in [0.05, 0.1) is 10.6 Å². The van der Waals surface area contributed by atoms with Crippen LogP contribution in [0.3, 0.4) is 0 Å². The van der Waals surface area contributed by atoms with E-state index in [-0.39, 0.29) is 4.90 Å². The summed E-state index contributed by atoms with van der Waals surface area (Å²) >= 11 is 1.46. The Morgan fingerprint density at radius 2 is 2.00 bits per heavy atom. The van der Waals surface area contributed by atoms with Crippen molar-refractivity contribution >= 4 is 26.5 Å². The molecule has 1 aliphatic carbocycles. The molecule has 1 aromatic carbocycles. The number of aryl methyl sites for hydroxylation is 2. The first-order valence-electron chi connectivity index (χ1n) is 7.02. The zero-order valence-electron chi connectivity index (χ0n) is 12.1. The summed E-state index contributed by atoms with van der Waals surface area (Å²) in [6.07, 6.45) is 3.07. The van der Waals surface area contributed by atoms with E-state index in [9.17, 15) is 8.42 Å². The Bertz CT molecular complexity index is 748. The first-order chi connectivity index (χ1) is 9.94. The second kappa shape index (κ2) is 5.42. The van der Waals surface area contributed by atoms with Gasteiger partial charge in [0, 0.05) is 4.88 Å². The van der Waals surface area contributed by atoms with Crippen LogP contribution in [-0.4, -0.2) is 13.4 Å². The lowest BCUT2D eigenvalue weighted by Crippen LogP contribution is -2.13. The molecule has 0 saturated heterocycles. The summed E-state index contributed by atoms with van der Waals surface area (Å²) in [5.74, 6) is 0.652. The minimum absolute atomic E-state index is 0.273. The van der Waals surface area contributed by atoms with Gasteiger partial charge in [-0.25, -0.2) is 13.4 Å². The third-order valence-corrected chi connectivity index (χ3v) is 6.26. The van der Waals surface area contributed by atoms with Gasteiger partial charge in [-0.15, -0.1) is 11.3 Å². The molecule has 1 N–H and O–H groups in total. The molecular formula is C15H18N2O2S2. The van der Waals surface area contributed by atoms with Crippen LogP contribution in [0.25, 0.3) is 0 Å². The van der Waals surface area contributed by atoms with Crippen LogP contribution in [0.4, 0.5) is 5.13 Å². The third kappa shape index (κ3) is 3.11. The molecule has 0 saturated carbocycles. The molecule has 1 aromatic heterocycles. The first kappa shape index (κ1) is 14.5. The van der Waals surface area contributed by atoms with Crippen LogP contribution in [0.2, 0.25) is 0 Å². The Kier molecular flexibility index (Phi) is 3.75. The number of benzene rings is 1. The maximum atomic E-state index is 12.3. The smallest absolute Gasteiger partial charge is 0.255 e. The molecule has 4 nitrogen and oxygen atoms in total. The highest BCUT2D eigenvalue weighted by Gasteiger charge is 2.22. The first-order valence-corrected chi connectivity index (χ1v) is 9.32. The third-order valence-electron chi connectivity index (χ3n) is 3.74. The molecule has 21 heavy (non-hydrogen) atoms. The average molecular weight is 322 g/mol. The van der Waals surface area contributed by atoms with Crippen molar-refractivity contribution in [3.05, 3.63) is 40.4 Å². The number of nitrogens with one attached hydrogen (secondary N) is 1. The standard InChI is InChI=1S/C15H18N2O2S2/c1-10-3-6-12(7-4-10)21(18,19)17-15-16-13-8-5-11(2)9-14(13)20-15/h3-4,6-7,11H,5,8-9H2,1-2H3,(H,16,17). The Hall–Kier alpha value is -1.40. The van der Waals surface area contributed by atoms with Gasteiger partial charge in [-0.2, -0.15) is 0 Å². The lowest BCUT2D eigenvalue weighted by molar-refractivity contribution is 0.502. The number of hydrogen-bond donors (Lipinski definition) is 1. The number of anilines is 1.